The van der Waals surface area contributed by atoms with E-state index in [2.05, 4.69) is 37.3 Å². The van der Waals surface area contributed by atoms with E-state index in [4.69, 9.17) is 4.74 Å². The third kappa shape index (κ3) is 6.74. The van der Waals surface area contributed by atoms with Crippen molar-refractivity contribution in [2.24, 2.45) is 0 Å². The Balaban J connectivity index is 1.14. The van der Waals surface area contributed by atoms with Crippen LogP contribution in [0.2, 0.25) is 0 Å². The molecule has 2 aromatic carbocycles. The molecular formula is C33H31FN6O3S2. The van der Waals surface area contributed by atoms with Crippen molar-refractivity contribution in [3.05, 3.63) is 75.5 Å². The number of anilines is 4. The number of para-hydroxylation sites is 1. The summed E-state index contributed by atoms with van der Waals surface area (Å²) in [6, 6.07) is 12.6. The predicted octanol–water partition coefficient (Wildman–Crippen LogP) is 7.68. The second-order valence-electron chi connectivity index (χ2n) is 10.6. The van der Waals surface area contributed by atoms with Crippen LogP contribution in [-0.4, -0.2) is 44.4 Å². The molecule has 0 saturated carbocycles. The number of unbranched alkanes of at least 4 members (excludes halogenated alkanes) is 1. The summed E-state index contributed by atoms with van der Waals surface area (Å²) in [5.74, 6) is 5.88. The van der Waals surface area contributed by atoms with Gasteiger partial charge in [0.25, 0.3) is 0 Å². The van der Waals surface area contributed by atoms with Gasteiger partial charge in [0.15, 0.2) is 39.2 Å². The molecule has 3 aromatic heterocycles. The highest BCUT2D eigenvalue weighted by molar-refractivity contribution is 7.22. The van der Waals surface area contributed by atoms with E-state index in [0.717, 1.165) is 52.2 Å². The highest BCUT2D eigenvalue weighted by atomic mass is 32.1. The number of thiazole rings is 2. The van der Waals surface area contributed by atoms with E-state index >= 15 is 0 Å². The molecule has 0 bridgehead atoms. The second kappa shape index (κ2) is 13.6. The third-order valence-electron chi connectivity index (χ3n) is 7.37. The zero-order chi connectivity index (χ0) is 31.3. The molecule has 0 fully saturated rings. The standard InChI is InChI=1S/C33H31FN6O3S2/c1-3-4-5-10-21-15-16-25(23(34)19-21)43-18-9-14-27-28(31(41)42)36-33(45-27)40-17-8-11-22-20(2)29(38-39-30(22)40)37-32-35-24-12-6-7-13-26(24)44-32/h6-7,12-13,15-16,19H,3-4,8-9,11,14,17-18H2,1-2H3,(H,41,42)(H,35,37,38). The van der Waals surface area contributed by atoms with Crippen LogP contribution in [-0.2, 0) is 12.8 Å². The van der Waals surface area contributed by atoms with Gasteiger partial charge in [0.05, 0.1) is 16.8 Å². The molecule has 230 valence electrons. The molecule has 9 nitrogen and oxygen atoms in total. The summed E-state index contributed by atoms with van der Waals surface area (Å²) < 4.78 is 21.3. The number of hydrogen-bond donors (Lipinski definition) is 2. The molecule has 2 N–H and O–H groups in total. The highest BCUT2D eigenvalue weighted by Gasteiger charge is 2.28. The minimum absolute atomic E-state index is 0.0158. The Labute approximate surface area is 268 Å². The lowest BCUT2D eigenvalue weighted by Crippen LogP contribution is -2.27. The van der Waals surface area contributed by atoms with Crippen LogP contribution >= 0.6 is 22.7 Å². The van der Waals surface area contributed by atoms with Crippen LogP contribution in [0.1, 0.15) is 64.7 Å². The molecule has 0 spiro atoms. The number of nitrogens with one attached hydrogen (secondary N) is 1. The van der Waals surface area contributed by atoms with Crippen LogP contribution in [0.15, 0.2) is 42.5 Å². The van der Waals surface area contributed by atoms with Gasteiger partial charge in [-0.2, -0.15) is 0 Å². The van der Waals surface area contributed by atoms with Crippen molar-refractivity contribution in [1.29, 1.82) is 0 Å². The Morgan fingerprint density at radius 1 is 1.18 bits per heavy atom. The number of aromatic carboxylic acids is 1. The number of rotatable bonds is 10. The van der Waals surface area contributed by atoms with Crippen LogP contribution < -0.4 is 15.0 Å². The first-order valence-electron chi connectivity index (χ1n) is 14.8. The van der Waals surface area contributed by atoms with Gasteiger partial charge in [-0.05, 0) is 69.4 Å². The molecular weight excluding hydrogens is 612 g/mol. The normalized spacial score (nSPS) is 12.5. The minimum Gasteiger partial charge on any atom is -0.491 e. The summed E-state index contributed by atoms with van der Waals surface area (Å²) in [7, 11) is 0. The molecule has 4 heterocycles. The molecule has 6 rings (SSSR count). The van der Waals surface area contributed by atoms with Gasteiger partial charge in [0, 0.05) is 34.5 Å². The van der Waals surface area contributed by atoms with E-state index in [-0.39, 0.29) is 18.1 Å². The first kappa shape index (κ1) is 30.4. The van der Waals surface area contributed by atoms with Gasteiger partial charge in [-0.25, -0.2) is 19.2 Å². The average molecular weight is 643 g/mol. The monoisotopic (exact) mass is 642 g/mol. The van der Waals surface area contributed by atoms with Gasteiger partial charge in [-0.1, -0.05) is 42.2 Å². The molecule has 1 aliphatic rings. The van der Waals surface area contributed by atoms with Crippen molar-refractivity contribution in [1.82, 2.24) is 20.2 Å². The maximum absolute atomic E-state index is 14.5. The van der Waals surface area contributed by atoms with Crippen molar-refractivity contribution < 1.29 is 19.0 Å². The van der Waals surface area contributed by atoms with E-state index in [9.17, 15) is 14.3 Å². The number of nitrogens with zero attached hydrogens (tertiary/aromatic N) is 5. The lowest BCUT2D eigenvalue weighted by Gasteiger charge is -2.28. The summed E-state index contributed by atoms with van der Waals surface area (Å²) in [5, 5.41) is 23.6. The first-order valence-corrected chi connectivity index (χ1v) is 16.4. The molecule has 45 heavy (non-hydrogen) atoms. The fourth-order valence-electron chi connectivity index (χ4n) is 5.10. The Morgan fingerprint density at radius 3 is 2.84 bits per heavy atom. The molecule has 0 unspecified atom stereocenters. The fourth-order valence-corrected chi connectivity index (χ4v) is 7.09. The van der Waals surface area contributed by atoms with E-state index in [1.165, 1.54) is 17.4 Å². The molecule has 0 aliphatic carbocycles. The van der Waals surface area contributed by atoms with Crippen LogP contribution in [0.5, 0.6) is 5.75 Å². The van der Waals surface area contributed by atoms with Gasteiger partial charge < -0.3 is 20.1 Å². The Bertz CT molecular complexity index is 1900. The molecule has 12 heteroatoms. The maximum atomic E-state index is 14.5. The Morgan fingerprint density at radius 2 is 2.04 bits per heavy atom. The van der Waals surface area contributed by atoms with Crippen LogP contribution in [0, 0.1) is 24.6 Å². The van der Waals surface area contributed by atoms with E-state index in [1.807, 2.05) is 43.0 Å². The molecule has 0 amide bonds. The van der Waals surface area contributed by atoms with Gasteiger partial charge in [0.2, 0.25) is 0 Å². The number of aromatic nitrogens is 4. The van der Waals surface area contributed by atoms with Crippen LogP contribution in [0.4, 0.5) is 26.3 Å². The molecule has 0 saturated heterocycles. The van der Waals surface area contributed by atoms with Gasteiger partial charge in [0.1, 0.15) is 0 Å². The van der Waals surface area contributed by atoms with E-state index in [0.29, 0.717) is 46.6 Å². The van der Waals surface area contributed by atoms with Crippen molar-refractivity contribution in [3.63, 3.8) is 0 Å². The zero-order valence-corrected chi connectivity index (χ0v) is 26.5. The van der Waals surface area contributed by atoms with Crippen LogP contribution in [0.25, 0.3) is 10.2 Å². The topological polar surface area (TPSA) is 113 Å². The van der Waals surface area contributed by atoms with Gasteiger partial charge >= 0.3 is 5.97 Å². The number of halogens is 1. The second-order valence-corrected chi connectivity index (χ2v) is 12.7. The molecule has 5 aromatic rings. The summed E-state index contributed by atoms with van der Waals surface area (Å²) >= 11 is 2.89. The highest BCUT2D eigenvalue weighted by Crippen LogP contribution is 2.39. The molecule has 1 aliphatic heterocycles. The molecule has 0 atom stereocenters. The van der Waals surface area contributed by atoms with Crippen molar-refractivity contribution in [2.75, 3.05) is 23.4 Å². The number of carboxylic acid groups (broad SMARTS) is 1. The number of fused-ring (bicyclic) bond motifs is 2. The first-order chi connectivity index (χ1) is 21.9. The fraction of sp³-hybridized carbons (Fsp3) is 0.303. The number of aryl methyl sites for hydroxylation is 1. The van der Waals surface area contributed by atoms with Crippen molar-refractivity contribution in [3.8, 4) is 17.6 Å². The predicted molar refractivity (Wildman–Crippen MR) is 176 cm³/mol. The number of ether oxygens (including phenoxy) is 1. The number of carboxylic acids is 1. The maximum Gasteiger partial charge on any atom is 0.355 e. The zero-order valence-electron chi connectivity index (χ0n) is 24.9. The molecule has 0 radical (unpaired) electrons. The largest absolute Gasteiger partial charge is 0.491 e. The quantitative estimate of drug-likeness (QED) is 0.117. The Hall–Kier alpha value is -4.60. The van der Waals surface area contributed by atoms with E-state index in [1.54, 1.807) is 23.5 Å². The van der Waals surface area contributed by atoms with Gasteiger partial charge in [-0.3, -0.25) is 0 Å². The Kier molecular flexibility index (Phi) is 9.18. The average Bonchev–Trinajstić information content (AvgIpc) is 3.65. The number of carbonyl (C=O) groups is 1. The van der Waals surface area contributed by atoms with Gasteiger partial charge in [-0.15, -0.1) is 21.5 Å². The van der Waals surface area contributed by atoms with E-state index < -0.39 is 11.8 Å². The number of benzene rings is 2. The third-order valence-corrected chi connectivity index (χ3v) is 9.46. The van der Waals surface area contributed by atoms with Crippen molar-refractivity contribution >= 4 is 60.8 Å². The summed E-state index contributed by atoms with van der Waals surface area (Å²) in [6.45, 7) is 4.93. The lowest BCUT2D eigenvalue weighted by atomic mass is 10.0. The summed E-state index contributed by atoms with van der Waals surface area (Å²) in [6.07, 6.45) is 4.32. The minimum atomic E-state index is -1.09. The van der Waals surface area contributed by atoms with Crippen molar-refractivity contribution in [2.45, 2.75) is 52.4 Å². The van der Waals surface area contributed by atoms with Crippen LogP contribution in [0.3, 0.4) is 0 Å². The summed E-state index contributed by atoms with van der Waals surface area (Å²) in [5.41, 5.74) is 3.57. The smallest absolute Gasteiger partial charge is 0.355 e. The SMILES string of the molecule is CCCC#Cc1ccc(OCCCc2sc(N3CCCc4c3nnc(Nc3nc5ccccc5s3)c4C)nc2C(=O)O)c(F)c1. The lowest BCUT2D eigenvalue weighted by molar-refractivity contribution is 0.0690. The number of hydrogen-bond acceptors (Lipinski definition) is 10. The summed E-state index contributed by atoms with van der Waals surface area (Å²) in [4.78, 5) is 23.9.